The summed E-state index contributed by atoms with van der Waals surface area (Å²) in [5, 5.41) is 7.81. The average molecular weight is 391 g/mol. The summed E-state index contributed by atoms with van der Waals surface area (Å²) in [5.74, 6) is -0.0780. The number of rotatable bonds is 7. The Labute approximate surface area is 170 Å². The number of aromatic nitrogens is 1. The molecule has 2 amide bonds. The van der Waals surface area contributed by atoms with E-state index in [0.717, 1.165) is 16.3 Å². The molecule has 0 aliphatic rings. The number of pyridine rings is 1. The van der Waals surface area contributed by atoms with Gasteiger partial charge in [-0.2, -0.15) is 0 Å². The van der Waals surface area contributed by atoms with Crippen molar-refractivity contribution in [1.82, 2.24) is 10.3 Å². The standard InChI is InChI=1S/C23H25N3O3/c1-15(2)22(23(28)25-18-11-12-21(29-3)24-14-18)26-20(27)13-17-9-6-8-16-7-4-5-10-19(16)17/h4-12,14-15,22H,13H2,1-3H3,(H,25,28)(H,26,27)/t22-/m0/s1. The number of nitrogens with zero attached hydrogens (tertiary/aromatic N) is 1. The molecular formula is C23H25N3O3. The van der Waals surface area contributed by atoms with E-state index in [1.54, 1.807) is 12.1 Å². The molecule has 0 aliphatic carbocycles. The molecule has 1 heterocycles. The van der Waals surface area contributed by atoms with E-state index in [1.807, 2.05) is 56.3 Å². The van der Waals surface area contributed by atoms with Gasteiger partial charge in [0.15, 0.2) is 0 Å². The number of carbonyl (C=O) groups is 2. The van der Waals surface area contributed by atoms with Crippen molar-refractivity contribution in [3.63, 3.8) is 0 Å². The number of benzene rings is 2. The van der Waals surface area contributed by atoms with E-state index in [2.05, 4.69) is 15.6 Å². The van der Waals surface area contributed by atoms with Crippen molar-refractivity contribution < 1.29 is 14.3 Å². The van der Waals surface area contributed by atoms with Crippen LogP contribution < -0.4 is 15.4 Å². The molecule has 1 atom stereocenters. The third-order valence-electron chi connectivity index (χ3n) is 4.71. The van der Waals surface area contributed by atoms with Crippen molar-refractivity contribution >= 4 is 28.3 Å². The van der Waals surface area contributed by atoms with Crippen LogP contribution in [0.5, 0.6) is 5.88 Å². The van der Waals surface area contributed by atoms with Gasteiger partial charge in [-0.3, -0.25) is 9.59 Å². The normalized spacial score (nSPS) is 11.9. The van der Waals surface area contributed by atoms with Gasteiger partial charge in [-0.25, -0.2) is 4.98 Å². The quantitative estimate of drug-likeness (QED) is 0.645. The summed E-state index contributed by atoms with van der Waals surface area (Å²) in [6.07, 6.45) is 1.73. The molecule has 0 unspecified atom stereocenters. The van der Waals surface area contributed by atoms with Crippen LogP contribution in [0, 0.1) is 5.92 Å². The average Bonchev–Trinajstić information content (AvgIpc) is 2.72. The Kier molecular flexibility index (Phi) is 6.44. The minimum absolute atomic E-state index is 0.0716. The molecule has 3 rings (SSSR count). The van der Waals surface area contributed by atoms with Crippen LogP contribution in [0.2, 0.25) is 0 Å². The summed E-state index contributed by atoms with van der Waals surface area (Å²) >= 11 is 0. The summed E-state index contributed by atoms with van der Waals surface area (Å²) in [6, 6.07) is 16.6. The molecule has 6 heteroatoms. The van der Waals surface area contributed by atoms with E-state index < -0.39 is 6.04 Å². The second-order valence-electron chi connectivity index (χ2n) is 7.18. The number of nitrogens with one attached hydrogen (secondary N) is 2. The Hall–Kier alpha value is -3.41. The number of amides is 2. The maximum absolute atomic E-state index is 12.7. The molecule has 0 aliphatic heterocycles. The first kappa shape index (κ1) is 20.3. The first-order valence-electron chi connectivity index (χ1n) is 9.55. The van der Waals surface area contributed by atoms with Crippen LogP contribution in [-0.4, -0.2) is 29.9 Å². The van der Waals surface area contributed by atoms with Crippen molar-refractivity contribution in [2.75, 3.05) is 12.4 Å². The summed E-state index contributed by atoms with van der Waals surface area (Å²) in [6.45, 7) is 3.80. The summed E-state index contributed by atoms with van der Waals surface area (Å²) < 4.78 is 5.02. The van der Waals surface area contributed by atoms with Crippen LogP contribution in [-0.2, 0) is 16.0 Å². The Morgan fingerprint density at radius 3 is 2.48 bits per heavy atom. The first-order chi connectivity index (χ1) is 14.0. The van der Waals surface area contributed by atoms with Gasteiger partial charge in [0.25, 0.3) is 0 Å². The molecule has 150 valence electrons. The molecular weight excluding hydrogens is 366 g/mol. The van der Waals surface area contributed by atoms with Gasteiger partial charge in [0.1, 0.15) is 6.04 Å². The highest BCUT2D eigenvalue weighted by Gasteiger charge is 2.24. The lowest BCUT2D eigenvalue weighted by Crippen LogP contribution is -2.47. The lowest BCUT2D eigenvalue weighted by atomic mass is 10.00. The number of methoxy groups -OCH3 is 1. The topological polar surface area (TPSA) is 80.3 Å². The Morgan fingerprint density at radius 1 is 1.03 bits per heavy atom. The molecule has 0 radical (unpaired) electrons. The molecule has 2 aromatic carbocycles. The number of hydrogen-bond donors (Lipinski definition) is 2. The van der Waals surface area contributed by atoms with E-state index in [1.165, 1.54) is 13.3 Å². The maximum atomic E-state index is 12.7. The van der Waals surface area contributed by atoms with Crippen molar-refractivity contribution in [2.45, 2.75) is 26.3 Å². The van der Waals surface area contributed by atoms with Gasteiger partial charge < -0.3 is 15.4 Å². The number of hydrogen-bond acceptors (Lipinski definition) is 4. The van der Waals surface area contributed by atoms with Crippen LogP contribution >= 0.6 is 0 Å². The minimum Gasteiger partial charge on any atom is -0.481 e. The molecule has 0 saturated carbocycles. The molecule has 0 bridgehead atoms. The Balaban J connectivity index is 1.68. The lowest BCUT2D eigenvalue weighted by molar-refractivity contribution is -0.127. The zero-order chi connectivity index (χ0) is 20.8. The SMILES string of the molecule is COc1ccc(NC(=O)[C@@H](NC(=O)Cc2cccc3ccccc23)C(C)C)cn1. The molecule has 0 fully saturated rings. The van der Waals surface area contributed by atoms with Crippen LogP contribution in [0.1, 0.15) is 19.4 Å². The first-order valence-corrected chi connectivity index (χ1v) is 9.55. The van der Waals surface area contributed by atoms with Gasteiger partial charge in [-0.05, 0) is 28.3 Å². The molecule has 2 N–H and O–H groups in total. The highest BCUT2D eigenvalue weighted by atomic mass is 16.5. The van der Waals surface area contributed by atoms with Gasteiger partial charge in [0.05, 0.1) is 25.4 Å². The van der Waals surface area contributed by atoms with E-state index >= 15 is 0 Å². The third kappa shape index (κ3) is 5.10. The Bertz CT molecular complexity index is 994. The van der Waals surface area contributed by atoms with Crippen LogP contribution in [0.4, 0.5) is 5.69 Å². The largest absolute Gasteiger partial charge is 0.481 e. The molecule has 1 aromatic heterocycles. The molecule has 0 spiro atoms. The smallest absolute Gasteiger partial charge is 0.247 e. The molecule has 29 heavy (non-hydrogen) atoms. The predicted octanol–water partition coefficient (Wildman–Crippen LogP) is 3.57. The number of anilines is 1. The molecule has 0 saturated heterocycles. The zero-order valence-corrected chi connectivity index (χ0v) is 16.8. The summed E-state index contributed by atoms with van der Waals surface area (Å²) in [7, 11) is 1.53. The third-order valence-corrected chi connectivity index (χ3v) is 4.71. The fourth-order valence-corrected chi connectivity index (χ4v) is 3.17. The van der Waals surface area contributed by atoms with Crippen molar-refractivity contribution in [3.8, 4) is 5.88 Å². The van der Waals surface area contributed by atoms with Gasteiger partial charge in [0, 0.05) is 6.07 Å². The number of ether oxygens (including phenoxy) is 1. The lowest BCUT2D eigenvalue weighted by Gasteiger charge is -2.22. The monoisotopic (exact) mass is 391 g/mol. The number of carbonyl (C=O) groups excluding carboxylic acids is 2. The minimum atomic E-state index is -0.653. The van der Waals surface area contributed by atoms with Gasteiger partial charge in [0.2, 0.25) is 17.7 Å². The molecule has 3 aromatic rings. The van der Waals surface area contributed by atoms with Gasteiger partial charge in [-0.1, -0.05) is 56.3 Å². The number of fused-ring (bicyclic) bond motifs is 1. The van der Waals surface area contributed by atoms with Crippen LogP contribution in [0.3, 0.4) is 0 Å². The van der Waals surface area contributed by atoms with Crippen molar-refractivity contribution in [2.24, 2.45) is 5.92 Å². The highest BCUT2D eigenvalue weighted by molar-refractivity contribution is 5.98. The predicted molar refractivity (Wildman–Crippen MR) is 114 cm³/mol. The van der Waals surface area contributed by atoms with E-state index in [0.29, 0.717) is 11.6 Å². The van der Waals surface area contributed by atoms with Gasteiger partial charge >= 0.3 is 0 Å². The van der Waals surface area contributed by atoms with Gasteiger partial charge in [-0.15, -0.1) is 0 Å². The highest BCUT2D eigenvalue weighted by Crippen LogP contribution is 2.19. The fourth-order valence-electron chi connectivity index (χ4n) is 3.17. The van der Waals surface area contributed by atoms with Crippen molar-refractivity contribution in [1.29, 1.82) is 0 Å². The zero-order valence-electron chi connectivity index (χ0n) is 16.8. The summed E-state index contributed by atoms with van der Waals surface area (Å²) in [4.78, 5) is 29.5. The summed E-state index contributed by atoms with van der Waals surface area (Å²) in [5.41, 5.74) is 1.48. The van der Waals surface area contributed by atoms with E-state index in [-0.39, 0.29) is 24.2 Å². The van der Waals surface area contributed by atoms with E-state index in [4.69, 9.17) is 4.74 Å². The van der Waals surface area contributed by atoms with Crippen LogP contribution in [0.15, 0.2) is 60.8 Å². The Morgan fingerprint density at radius 2 is 1.79 bits per heavy atom. The second-order valence-corrected chi connectivity index (χ2v) is 7.18. The van der Waals surface area contributed by atoms with E-state index in [9.17, 15) is 9.59 Å². The van der Waals surface area contributed by atoms with Crippen LogP contribution in [0.25, 0.3) is 10.8 Å². The fraction of sp³-hybridized carbons (Fsp3) is 0.261. The second kappa shape index (κ2) is 9.19. The van der Waals surface area contributed by atoms with Crippen molar-refractivity contribution in [3.05, 3.63) is 66.4 Å². The maximum Gasteiger partial charge on any atom is 0.247 e. The molecule has 6 nitrogen and oxygen atoms in total.